The van der Waals surface area contributed by atoms with Crippen molar-refractivity contribution < 1.29 is 14.3 Å². The molecule has 4 nitrogen and oxygen atoms in total. The molecule has 0 heterocycles. The van der Waals surface area contributed by atoms with Crippen molar-refractivity contribution in [1.29, 1.82) is 0 Å². The Morgan fingerprint density at radius 2 is 1.81 bits per heavy atom. The van der Waals surface area contributed by atoms with Crippen LogP contribution >= 0.6 is 0 Å². The lowest BCUT2D eigenvalue weighted by molar-refractivity contribution is -0.139. The fourth-order valence-corrected chi connectivity index (χ4v) is 7.14. The van der Waals surface area contributed by atoms with Gasteiger partial charge >= 0.3 is 5.97 Å². The number of allylic oxidation sites excluding steroid dienone is 2. The van der Waals surface area contributed by atoms with E-state index < -0.39 is 0 Å². The summed E-state index contributed by atoms with van der Waals surface area (Å²) in [5.41, 5.74) is 2.72. The Labute approximate surface area is 193 Å². The monoisotopic (exact) mass is 437 g/mol. The molecule has 0 radical (unpaired) electrons. The molecule has 1 aromatic rings. The summed E-state index contributed by atoms with van der Waals surface area (Å²) >= 11 is 0. The third-order valence-corrected chi connectivity index (χ3v) is 9.19. The van der Waals surface area contributed by atoms with Crippen LogP contribution < -0.4 is 5.32 Å². The molecule has 0 saturated heterocycles. The highest BCUT2D eigenvalue weighted by Crippen LogP contribution is 2.63. The molecule has 3 aliphatic carbocycles. The van der Waals surface area contributed by atoms with Crippen molar-refractivity contribution in [2.24, 2.45) is 34.5 Å². The number of anilines is 1. The number of amides is 1. The zero-order chi connectivity index (χ0) is 23.1. The van der Waals surface area contributed by atoms with Crippen molar-refractivity contribution in [2.45, 2.75) is 72.6 Å². The summed E-state index contributed by atoms with van der Waals surface area (Å²) in [7, 11) is 1.37. The zero-order valence-electron chi connectivity index (χ0n) is 20.4. The fourth-order valence-electron chi connectivity index (χ4n) is 7.14. The van der Waals surface area contributed by atoms with E-state index in [1.807, 2.05) is 0 Å². The normalized spacial score (nSPS) is 34.2. The average Bonchev–Trinajstić information content (AvgIpc) is 2.78. The van der Waals surface area contributed by atoms with Gasteiger partial charge in [-0.1, -0.05) is 45.8 Å². The topological polar surface area (TPSA) is 55.4 Å². The molecular formula is C28H39NO3. The van der Waals surface area contributed by atoms with Gasteiger partial charge in [0.15, 0.2) is 0 Å². The largest absolute Gasteiger partial charge is 0.465 e. The quantitative estimate of drug-likeness (QED) is 0.425. The van der Waals surface area contributed by atoms with E-state index in [9.17, 15) is 9.59 Å². The predicted molar refractivity (Wildman–Crippen MR) is 128 cm³/mol. The summed E-state index contributed by atoms with van der Waals surface area (Å²) in [5.74, 6) is 2.30. The Bertz CT molecular complexity index is 902. The van der Waals surface area contributed by atoms with E-state index >= 15 is 0 Å². The Morgan fingerprint density at radius 1 is 1.09 bits per heavy atom. The van der Waals surface area contributed by atoms with Crippen LogP contribution in [0.15, 0.2) is 35.9 Å². The standard InChI is InChI=1S/C28H39NO3/c1-18(2)20-9-13-23-21(17-20)10-14-24-27(23,3)15-6-16-28(24,4)26(31)29-22-11-7-19(8-12-22)25(30)32-5/h7-8,10-12,18,20,23-24H,6,9,13-17H2,1-5H3,(H,29,31)/t20?,23-,24?,27+,28+/m0/s1. The average molecular weight is 438 g/mol. The minimum Gasteiger partial charge on any atom is -0.465 e. The number of esters is 1. The van der Waals surface area contributed by atoms with Crippen LogP contribution in [0, 0.1) is 34.5 Å². The highest BCUT2D eigenvalue weighted by Gasteiger charge is 2.57. The van der Waals surface area contributed by atoms with E-state index in [2.05, 4.69) is 39.1 Å². The number of carbonyl (C=O) groups excluding carboxylic acids is 2. The molecule has 5 atom stereocenters. The van der Waals surface area contributed by atoms with Gasteiger partial charge in [0, 0.05) is 5.69 Å². The van der Waals surface area contributed by atoms with E-state index in [-0.39, 0.29) is 22.7 Å². The lowest BCUT2D eigenvalue weighted by Gasteiger charge is -2.58. The van der Waals surface area contributed by atoms with Crippen molar-refractivity contribution in [3.05, 3.63) is 41.5 Å². The van der Waals surface area contributed by atoms with Gasteiger partial charge in [0.1, 0.15) is 0 Å². The van der Waals surface area contributed by atoms with E-state index in [0.29, 0.717) is 17.4 Å². The number of ether oxygens (including phenoxy) is 1. The van der Waals surface area contributed by atoms with Crippen LogP contribution in [-0.2, 0) is 9.53 Å². The van der Waals surface area contributed by atoms with Gasteiger partial charge in [-0.05, 0) is 91.9 Å². The maximum Gasteiger partial charge on any atom is 0.337 e. The molecule has 2 saturated carbocycles. The molecule has 0 aromatic heterocycles. The first kappa shape index (κ1) is 23.1. The summed E-state index contributed by atoms with van der Waals surface area (Å²) < 4.78 is 4.77. The van der Waals surface area contributed by atoms with E-state index in [1.54, 1.807) is 29.8 Å². The Balaban J connectivity index is 1.55. The van der Waals surface area contributed by atoms with E-state index in [4.69, 9.17) is 4.74 Å². The summed E-state index contributed by atoms with van der Waals surface area (Å²) in [6, 6.07) is 7.00. The first-order valence-corrected chi connectivity index (χ1v) is 12.4. The van der Waals surface area contributed by atoms with Crippen LogP contribution in [0.4, 0.5) is 5.69 Å². The van der Waals surface area contributed by atoms with Crippen LogP contribution in [0.5, 0.6) is 0 Å². The maximum absolute atomic E-state index is 13.6. The van der Waals surface area contributed by atoms with Crippen molar-refractivity contribution in [3.8, 4) is 0 Å². The van der Waals surface area contributed by atoms with Crippen molar-refractivity contribution in [1.82, 2.24) is 0 Å². The lowest BCUT2D eigenvalue weighted by atomic mass is 9.46. The minimum absolute atomic E-state index is 0.118. The Morgan fingerprint density at radius 3 is 2.47 bits per heavy atom. The molecule has 1 N–H and O–H groups in total. The molecule has 2 fully saturated rings. The first-order valence-electron chi connectivity index (χ1n) is 12.4. The minimum atomic E-state index is -0.384. The number of benzene rings is 1. The van der Waals surface area contributed by atoms with Crippen LogP contribution in [-0.4, -0.2) is 19.0 Å². The van der Waals surface area contributed by atoms with Crippen LogP contribution in [0.3, 0.4) is 0 Å². The third kappa shape index (κ3) is 3.91. The maximum atomic E-state index is 13.6. The Hall–Kier alpha value is -2.10. The number of hydrogen-bond acceptors (Lipinski definition) is 3. The molecule has 4 heteroatoms. The first-order chi connectivity index (χ1) is 15.2. The van der Waals surface area contributed by atoms with Gasteiger partial charge in [0.2, 0.25) is 5.91 Å². The third-order valence-electron chi connectivity index (χ3n) is 9.19. The number of carbonyl (C=O) groups is 2. The molecule has 174 valence electrons. The molecule has 0 spiro atoms. The highest BCUT2D eigenvalue weighted by molar-refractivity contribution is 5.96. The fraction of sp³-hybridized carbons (Fsp3) is 0.643. The van der Waals surface area contributed by atoms with Crippen molar-refractivity contribution >= 4 is 17.6 Å². The zero-order valence-corrected chi connectivity index (χ0v) is 20.4. The summed E-state index contributed by atoms with van der Waals surface area (Å²) in [4.78, 5) is 25.3. The van der Waals surface area contributed by atoms with Gasteiger partial charge < -0.3 is 10.1 Å². The second kappa shape index (κ2) is 8.68. The number of nitrogens with one attached hydrogen (secondary N) is 1. The van der Waals surface area contributed by atoms with Crippen LogP contribution in [0.25, 0.3) is 0 Å². The number of rotatable bonds is 4. The SMILES string of the molecule is COC(=O)c1ccc(NC(=O)[C@]2(C)CCC[C@@]3(C)C2CC=C2CC(C(C)C)CC[C@@H]23)cc1. The van der Waals surface area contributed by atoms with Gasteiger partial charge in [-0.25, -0.2) is 4.79 Å². The Kier molecular flexibility index (Phi) is 6.26. The summed E-state index contributed by atoms with van der Waals surface area (Å²) in [6.07, 6.45) is 10.6. The molecule has 4 rings (SSSR count). The highest BCUT2D eigenvalue weighted by atomic mass is 16.5. The molecule has 32 heavy (non-hydrogen) atoms. The number of hydrogen-bond donors (Lipinski definition) is 1. The van der Waals surface area contributed by atoms with E-state index in [0.717, 1.165) is 36.8 Å². The molecule has 2 unspecified atom stereocenters. The van der Waals surface area contributed by atoms with Gasteiger partial charge in [-0.15, -0.1) is 0 Å². The number of methoxy groups -OCH3 is 1. The molecular weight excluding hydrogens is 398 g/mol. The van der Waals surface area contributed by atoms with Gasteiger partial charge in [-0.2, -0.15) is 0 Å². The van der Waals surface area contributed by atoms with E-state index in [1.165, 1.54) is 32.8 Å². The van der Waals surface area contributed by atoms with Crippen LogP contribution in [0.1, 0.15) is 83.0 Å². The van der Waals surface area contributed by atoms with Crippen molar-refractivity contribution in [3.63, 3.8) is 0 Å². The summed E-state index contributed by atoms with van der Waals surface area (Å²) in [6.45, 7) is 9.38. The van der Waals surface area contributed by atoms with Gasteiger partial charge in [-0.3, -0.25) is 4.79 Å². The molecule has 0 aliphatic heterocycles. The second-order valence-corrected chi connectivity index (χ2v) is 11.2. The number of fused-ring (bicyclic) bond motifs is 3. The second-order valence-electron chi connectivity index (χ2n) is 11.2. The van der Waals surface area contributed by atoms with Gasteiger partial charge in [0.05, 0.1) is 18.1 Å². The molecule has 0 bridgehead atoms. The predicted octanol–water partition coefficient (Wildman–Crippen LogP) is 6.63. The smallest absolute Gasteiger partial charge is 0.337 e. The lowest BCUT2D eigenvalue weighted by Crippen LogP contribution is -2.54. The molecule has 1 aromatic carbocycles. The van der Waals surface area contributed by atoms with Gasteiger partial charge in [0.25, 0.3) is 0 Å². The summed E-state index contributed by atoms with van der Waals surface area (Å²) in [5, 5.41) is 3.17. The van der Waals surface area contributed by atoms with Crippen molar-refractivity contribution in [2.75, 3.05) is 12.4 Å². The molecule has 3 aliphatic rings. The molecule has 1 amide bonds. The van der Waals surface area contributed by atoms with Crippen LogP contribution in [0.2, 0.25) is 0 Å².